The van der Waals surface area contributed by atoms with Gasteiger partial charge < -0.3 is 15.4 Å². The van der Waals surface area contributed by atoms with E-state index in [0.29, 0.717) is 13.1 Å². The van der Waals surface area contributed by atoms with Crippen LogP contribution in [0.1, 0.15) is 11.1 Å². The van der Waals surface area contributed by atoms with Crippen LogP contribution in [0.4, 0.5) is 0 Å². The zero-order valence-corrected chi connectivity index (χ0v) is 10.2. The van der Waals surface area contributed by atoms with Crippen molar-refractivity contribution in [2.45, 2.75) is 19.4 Å². The third kappa shape index (κ3) is 2.97. The van der Waals surface area contributed by atoms with E-state index >= 15 is 0 Å². The number of aryl methyl sites for hydroxylation is 1. The van der Waals surface area contributed by atoms with E-state index in [9.17, 15) is 4.79 Å². The van der Waals surface area contributed by atoms with Crippen LogP contribution in [-0.4, -0.2) is 32.1 Å². The number of amides is 1. The molecule has 1 unspecified atom stereocenters. The first kappa shape index (κ1) is 11.9. The lowest BCUT2D eigenvalue weighted by Crippen LogP contribution is -2.37. The summed E-state index contributed by atoms with van der Waals surface area (Å²) in [5.74, 6) is 0.971. The topological polar surface area (TPSA) is 50.4 Å². The lowest BCUT2D eigenvalue weighted by Gasteiger charge is -2.11. The van der Waals surface area contributed by atoms with Crippen LogP contribution in [0.25, 0.3) is 0 Å². The van der Waals surface area contributed by atoms with E-state index in [2.05, 4.69) is 29.7 Å². The monoisotopic (exact) mass is 234 g/mol. The quantitative estimate of drug-likeness (QED) is 0.803. The van der Waals surface area contributed by atoms with E-state index in [1.165, 1.54) is 11.1 Å². The van der Waals surface area contributed by atoms with Gasteiger partial charge in [-0.3, -0.25) is 4.79 Å². The first-order valence-electron chi connectivity index (χ1n) is 5.86. The number of benzene rings is 1. The van der Waals surface area contributed by atoms with Gasteiger partial charge in [0, 0.05) is 20.0 Å². The van der Waals surface area contributed by atoms with Gasteiger partial charge in [0.2, 0.25) is 5.91 Å². The summed E-state index contributed by atoms with van der Waals surface area (Å²) in [5.41, 5.74) is 2.52. The highest BCUT2D eigenvalue weighted by Crippen LogP contribution is 2.29. The van der Waals surface area contributed by atoms with Crippen molar-refractivity contribution >= 4 is 5.91 Å². The SMILES string of the molecule is CNC(=O)CNCC1Cc2cc(C)ccc2O1. The molecule has 1 heterocycles. The Morgan fingerprint density at radius 2 is 2.35 bits per heavy atom. The fraction of sp³-hybridized carbons (Fsp3) is 0.462. The highest BCUT2D eigenvalue weighted by molar-refractivity contribution is 5.77. The summed E-state index contributed by atoms with van der Waals surface area (Å²) in [4.78, 5) is 11.0. The third-order valence-electron chi connectivity index (χ3n) is 2.89. The Balaban J connectivity index is 1.82. The van der Waals surface area contributed by atoms with Crippen molar-refractivity contribution in [3.63, 3.8) is 0 Å². The number of hydrogen-bond acceptors (Lipinski definition) is 3. The molecule has 0 fully saturated rings. The summed E-state index contributed by atoms with van der Waals surface area (Å²) in [7, 11) is 1.63. The van der Waals surface area contributed by atoms with Gasteiger partial charge >= 0.3 is 0 Å². The van der Waals surface area contributed by atoms with Crippen LogP contribution < -0.4 is 15.4 Å². The average molecular weight is 234 g/mol. The molecule has 2 rings (SSSR count). The number of fused-ring (bicyclic) bond motifs is 1. The summed E-state index contributed by atoms with van der Waals surface area (Å²) < 4.78 is 5.78. The van der Waals surface area contributed by atoms with Gasteiger partial charge in [-0.25, -0.2) is 0 Å². The Hall–Kier alpha value is -1.55. The molecule has 92 valence electrons. The van der Waals surface area contributed by atoms with E-state index < -0.39 is 0 Å². The molecule has 2 N–H and O–H groups in total. The third-order valence-corrected chi connectivity index (χ3v) is 2.89. The fourth-order valence-corrected chi connectivity index (χ4v) is 2.00. The number of likely N-dealkylation sites (N-methyl/N-ethyl adjacent to an activating group) is 1. The Bertz CT molecular complexity index is 418. The molecule has 4 nitrogen and oxygen atoms in total. The van der Waals surface area contributed by atoms with E-state index in [1.807, 2.05) is 6.07 Å². The summed E-state index contributed by atoms with van der Waals surface area (Å²) in [5, 5.41) is 5.66. The largest absolute Gasteiger partial charge is 0.488 e. The predicted molar refractivity (Wildman–Crippen MR) is 66.2 cm³/mol. The molecule has 0 aromatic heterocycles. The minimum absolute atomic E-state index is 0.00337. The van der Waals surface area contributed by atoms with Crippen LogP contribution in [0, 0.1) is 6.92 Å². The van der Waals surface area contributed by atoms with Crippen molar-refractivity contribution < 1.29 is 9.53 Å². The Labute approximate surface area is 101 Å². The van der Waals surface area contributed by atoms with Crippen LogP contribution in [0.3, 0.4) is 0 Å². The summed E-state index contributed by atoms with van der Waals surface area (Å²) in [6.45, 7) is 3.12. The number of rotatable bonds is 4. The molecule has 0 saturated heterocycles. The van der Waals surface area contributed by atoms with Crippen molar-refractivity contribution in [1.82, 2.24) is 10.6 Å². The molecule has 1 aliphatic rings. The van der Waals surface area contributed by atoms with E-state index in [-0.39, 0.29) is 12.0 Å². The number of hydrogen-bond donors (Lipinski definition) is 2. The number of carbonyl (C=O) groups excluding carboxylic acids is 1. The van der Waals surface area contributed by atoms with Crippen LogP contribution >= 0.6 is 0 Å². The first-order chi connectivity index (χ1) is 8.19. The molecule has 0 aliphatic carbocycles. The lowest BCUT2D eigenvalue weighted by atomic mass is 10.1. The maximum atomic E-state index is 11.0. The molecule has 0 spiro atoms. The standard InChI is InChI=1S/C13H18N2O2/c1-9-3-4-12-10(5-9)6-11(17-12)7-15-8-13(16)14-2/h3-5,11,15H,6-8H2,1-2H3,(H,14,16). The number of ether oxygens (including phenoxy) is 1. The Morgan fingerprint density at radius 1 is 1.53 bits per heavy atom. The van der Waals surface area contributed by atoms with Crippen LogP contribution in [0.15, 0.2) is 18.2 Å². The molecule has 4 heteroatoms. The van der Waals surface area contributed by atoms with Crippen molar-refractivity contribution in [2.24, 2.45) is 0 Å². The molecule has 0 bridgehead atoms. The molecular formula is C13H18N2O2. The summed E-state index contributed by atoms with van der Waals surface area (Å²) in [6.07, 6.45) is 1.05. The maximum absolute atomic E-state index is 11.0. The minimum Gasteiger partial charge on any atom is -0.488 e. The summed E-state index contributed by atoms with van der Waals surface area (Å²) in [6, 6.07) is 6.23. The molecule has 1 atom stereocenters. The lowest BCUT2D eigenvalue weighted by molar-refractivity contribution is -0.119. The first-order valence-corrected chi connectivity index (χ1v) is 5.86. The van der Waals surface area contributed by atoms with Crippen molar-refractivity contribution in [3.05, 3.63) is 29.3 Å². The van der Waals surface area contributed by atoms with Gasteiger partial charge in [0.1, 0.15) is 11.9 Å². The van der Waals surface area contributed by atoms with E-state index in [1.54, 1.807) is 7.05 Å². The van der Waals surface area contributed by atoms with Gasteiger partial charge in [-0.15, -0.1) is 0 Å². The van der Waals surface area contributed by atoms with E-state index in [0.717, 1.165) is 12.2 Å². The van der Waals surface area contributed by atoms with Crippen molar-refractivity contribution in [1.29, 1.82) is 0 Å². The number of carbonyl (C=O) groups is 1. The molecule has 0 saturated carbocycles. The van der Waals surface area contributed by atoms with E-state index in [4.69, 9.17) is 4.74 Å². The molecule has 1 amide bonds. The second kappa shape index (κ2) is 5.19. The van der Waals surface area contributed by atoms with Gasteiger partial charge in [-0.2, -0.15) is 0 Å². The molecule has 17 heavy (non-hydrogen) atoms. The zero-order chi connectivity index (χ0) is 12.3. The molecular weight excluding hydrogens is 216 g/mol. The fourth-order valence-electron chi connectivity index (χ4n) is 2.00. The molecule has 1 aliphatic heterocycles. The molecule has 0 radical (unpaired) electrons. The average Bonchev–Trinajstić information content (AvgIpc) is 2.70. The Kier molecular flexibility index (Phi) is 3.64. The van der Waals surface area contributed by atoms with Gasteiger partial charge in [-0.05, 0) is 18.6 Å². The second-order valence-electron chi connectivity index (χ2n) is 4.36. The Morgan fingerprint density at radius 3 is 3.12 bits per heavy atom. The zero-order valence-electron chi connectivity index (χ0n) is 10.2. The molecule has 1 aromatic rings. The summed E-state index contributed by atoms with van der Waals surface area (Å²) >= 11 is 0. The van der Waals surface area contributed by atoms with Crippen LogP contribution in [0.2, 0.25) is 0 Å². The maximum Gasteiger partial charge on any atom is 0.233 e. The smallest absolute Gasteiger partial charge is 0.233 e. The second-order valence-corrected chi connectivity index (χ2v) is 4.36. The van der Waals surface area contributed by atoms with Crippen molar-refractivity contribution in [3.8, 4) is 5.75 Å². The highest BCUT2D eigenvalue weighted by atomic mass is 16.5. The number of nitrogens with one attached hydrogen (secondary N) is 2. The van der Waals surface area contributed by atoms with Crippen molar-refractivity contribution in [2.75, 3.05) is 20.1 Å². The van der Waals surface area contributed by atoms with Gasteiger partial charge in [0.25, 0.3) is 0 Å². The van der Waals surface area contributed by atoms with Gasteiger partial charge in [0.15, 0.2) is 0 Å². The molecule has 1 aromatic carbocycles. The minimum atomic E-state index is -0.00337. The van der Waals surface area contributed by atoms with Crippen LogP contribution in [0.5, 0.6) is 5.75 Å². The van der Waals surface area contributed by atoms with Gasteiger partial charge in [0.05, 0.1) is 6.54 Å². The predicted octanol–water partition coefficient (Wildman–Crippen LogP) is 0.634. The van der Waals surface area contributed by atoms with Gasteiger partial charge in [-0.1, -0.05) is 17.7 Å². The van der Waals surface area contributed by atoms with Crippen LogP contribution in [-0.2, 0) is 11.2 Å². The normalized spacial score (nSPS) is 17.4. The highest BCUT2D eigenvalue weighted by Gasteiger charge is 2.22.